The largest absolute Gasteiger partial charge is 0.443 e. The molecule has 2 rings (SSSR count). The SMILES string of the molecule is Cc1ncoc1-c1ccccc1[N+](=O)[O-]. The van der Waals surface area contributed by atoms with Gasteiger partial charge in [-0.25, -0.2) is 4.98 Å². The topological polar surface area (TPSA) is 69.2 Å². The summed E-state index contributed by atoms with van der Waals surface area (Å²) in [6.07, 6.45) is 1.28. The van der Waals surface area contributed by atoms with E-state index < -0.39 is 4.92 Å². The molecule has 0 aliphatic heterocycles. The number of nitrogens with zero attached hydrogens (tertiary/aromatic N) is 2. The summed E-state index contributed by atoms with van der Waals surface area (Å²) in [4.78, 5) is 14.2. The minimum atomic E-state index is -0.433. The number of nitro benzene ring substituents is 1. The molecule has 0 saturated heterocycles. The number of para-hydroxylation sites is 1. The third-order valence-corrected chi connectivity index (χ3v) is 2.09. The fourth-order valence-corrected chi connectivity index (χ4v) is 1.39. The van der Waals surface area contributed by atoms with Gasteiger partial charge >= 0.3 is 0 Å². The van der Waals surface area contributed by atoms with Gasteiger partial charge in [0, 0.05) is 6.07 Å². The molecule has 0 fully saturated rings. The number of aromatic nitrogens is 1. The lowest BCUT2D eigenvalue weighted by atomic mass is 10.1. The van der Waals surface area contributed by atoms with Crippen LogP contribution in [-0.2, 0) is 0 Å². The van der Waals surface area contributed by atoms with E-state index in [1.54, 1.807) is 25.1 Å². The fourth-order valence-electron chi connectivity index (χ4n) is 1.39. The number of oxazole rings is 1. The van der Waals surface area contributed by atoms with Crippen molar-refractivity contribution in [3.63, 3.8) is 0 Å². The predicted molar refractivity (Wildman–Crippen MR) is 53.3 cm³/mol. The van der Waals surface area contributed by atoms with Crippen molar-refractivity contribution < 1.29 is 9.34 Å². The van der Waals surface area contributed by atoms with Crippen LogP contribution in [0.15, 0.2) is 35.1 Å². The lowest BCUT2D eigenvalue weighted by Gasteiger charge is -1.99. The lowest BCUT2D eigenvalue weighted by Crippen LogP contribution is -1.91. The average Bonchev–Trinajstić information content (AvgIpc) is 2.64. The molecule has 15 heavy (non-hydrogen) atoms. The van der Waals surface area contributed by atoms with Crippen molar-refractivity contribution in [3.8, 4) is 11.3 Å². The van der Waals surface area contributed by atoms with E-state index in [2.05, 4.69) is 4.98 Å². The van der Waals surface area contributed by atoms with Gasteiger partial charge in [0.2, 0.25) is 0 Å². The lowest BCUT2D eigenvalue weighted by molar-refractivity contribution is -0.384. The number of aryl methyl sites for hydroxylation is 1. The van der Waals surface area contributed by atoms with Crippen LogP contribution in [0.4, 0.5) is 5.69 Å². The molecule has 0 radical (unpaired) electrons. The van der Waals surface area contributed by atoms with Crippen LogP contribution < -0.4 is 0 Å². The van der Waals surface area contributed by atoms with Gasteiger partial charge in [-0.1, -0.05) is 12.1 Å². The molecule has 0 atom stereocenters. The fraction of sp³-hybridized carbons (Fsp3) is 0.100. The van der Waals surface area contributed by atoms with Crippen molar-refractivity contribution >= 4 is 5.69 Å². The van der Waals surface area contributed by atoms with Crippen molar-refractivity contribution in [2.45, 2.75) is 6.92 Å². The van der Waals surface area contributed by atoms with Crippen LogP contribution in [0.3, 0.4) is 0 Å². The van der Waals surface area contributed by atoms with E-state index in [1.807, 2.05) is 0 Å². The Bertz CT molecular complexity index is 505. The first-order chi connectivity index (χ1) is 7.20. The van der Waals surface area contributed by atoms with E-state index in [0.29, 0.717) is 17.0 Å². The Balaban J connectivity index is 2.63. The van der Waals surface area contributed by atoms with E-state index in [4.69, 9.17) is 4.42 Å². The highest BCUT2D eigenvalue weighted by atomic mass is 16.6. The Hall–Kier alpha value is -2.17. The summed E-state index contributed by atoms with van der Waals surface area (Å²) in [5, 5.41) is 10.8. The second-order valence-corrected chi connectivity index (χ2v) is 3.04. The predicted octanol–water partition coefficient (Wildman–Crippen LogP) is 2.56. The number of hydrogen-bond donors (Lipinski definition) is 0. The molecule has 0 saturated carbocycles. The van der Waals surface area contributed by atoms with Crippen molar-refractivity contribution in [2.24, 2.45) is 0 Å². The average molecular weight is 204 g/mol. The Morgan fingerprint density at radius 1 is 1.40 bits per heavy atom. The Morgan fingerprint density at radius 3 is 2.73 bits per heavy atom. The summed E-state index contributed by atoms with van der Waals surface area (Å²) in [5.41, 5.74) is 1.12. The molecule has 0 bridgehead atoms. The Labute approximate surface area is 85.5 Å². The van der Waals surface area contributed by atoms with Crippen LogP contribution in [0.1, 0.15) is 5.69 Å². The first kappa shape index (κ1) is 9.39. The Morgan fingerprint density at radius 2 is 2.13 bits per heavy atom. The molecular formula is C10H8N2O3. The van der Waals surface area contributed by atoms with Gasteiger partial charge in [0.1, 0.15) is 0 Å². The first-order valence-corrected chi connectivity index (χ1v) is 4.34. The van der Waals surface area contributed by atoms with Gasteiger partial charge in [0.05, 0.1) is 16.2 Å². The quantitative estimate of drug-likeness (QED) is 0.556. The van der Waals surface area contributed by atoms with Crippen molar-refractivity contribution in [3.05, 3.63) is 46.5 Å². The number of hydrogen-bond acceptors (Lipinski definition) is 4. The highest BCUT2D eigenvalue weighted by Crippen LogP contribution is 2.30. The summed E-state index contributed by atoms with van der Waals surface area (Å²) < 4.78 is 5.13. The number of nitro groups is 1. The van der Waals surface area contributed by atoms with Crippen LogP contribution >= 0.6 is 0 Å². The van der Waals surface area contributed by atoms with E-state index in [1.165, 1.54) is 12.5 Å². The Kier molecular flexibility index (Phi) is 2.21. The van der Waals surface area contributed by atoms with Gasteiger partial charge in [-0.3, -0.25) is 10.1 Å². The maximum Gasteiger partial charge on any atom is 0.280 e. The molecule has 0 amide bonds. The molecule has 1 aromatic heterocycles. The molecule has 0 N–H and O–H groups in total. The summed E-state index contributed by atoms with van der Waals surface area (Å²) in [7, 11) is 0. The summed E-state index contributed by atoms with van der Waals surface area (Å²) in [6, 6.07) is 6.43. The van der Waals surface area contributed by atoms with E-state index in [9.17, 15) is 10.1 Å². The first-order valence-electron chi connectivity index (χ1n) is 4.34. The van der Waals surface area contributed by atoms with Crippen LogP contribution in [-0.4, -0.2) is 9.91 Å². The van der Waals surface area contributed by atoms with Gasteiger partial charge < -0.3 is 4.42 Å². The maximum absolute atomic E-state index is 10.8. The van der Waals surface area contributed by atoms with Crippen LogP contribution in [0.25, 0.3) is 11.3 Å². The second kappa shape index (κ2) is 3.53. The third-order valence-electron chi connectivity index (χ3n) is 2.09. The normalized spacial score (nSPS) is 10.2. The minimum absolute atomic E-state index is 0.0253. The minimum Gasteiger partial charge on any atom is -0.443 e. The summed E-state index contributed by atoms with van der Waals surface area (Å²) in [5.74, 6) is 0.447. The van der Waals surface area contributed by atoms with Crippen LogP contribution in [0.5, 0.6) is 0 Å². The van der Waals surface area contributed by atoms with Crippen molar-refractivity contribution in [1.29, 1.82) is 0 Å². The highest BCUT2D eigenvalue weighted by molar-refractivity contribution is 5.70. The van der Waals surface area contributed by atoms with Crippen molar-refractivity contribution in [1.82, 2.24) is 4.98 Å². The zero-order valence-electron chi connectivity index (χ0n) is 8.01. The van der Waals surface area contributed by atoms with Gasteiger partial charge in [-0.15, -0.1) is 0 Å². The molecule has 0 unspecified atom stereocenters. The molecule has 1 aromatic carbocycles. The standard InChI is InChI=1S/C10H8N2O3/c1-7-10(15-6-11-7)8-4-2-3-5-9(8)12(13)14/h2-6H,1H3. The number of benzene rings is 1. The molecule has 5 heteroatoms. The number of rotatable bonds is 2. The van der Waals surface area contributed by atoms with E-state index >= 15 is 0 Å². The zero-order chi connectivity index (χ0) is 10.8. The molecular weight excluding hydrogens is 196 g/mol. The van der Waals surface area contributed by atoms with E-state index in [0.717, 1.165) is 0 Å². The van der Waals surface area contributed by atoms with Gasteiger partial charge in [0.15, 0.2) is 12.2 Å². The summed E-state index contributed by atoms with van der Waals surface area (Å²) >= 11 is 0. The maximum atomic E-state index is 10.8. The van der Waals surface area contributed by atoms with Gasteiger partial charge in [-0.2, -0.15) is 0 Å². The van der Waals surface area contributed by atoms with Crippen LogP contribution in [0.2, 0.25) is 0 Å². The molecule has 0 aliphatic carbocycles. The van der Waals surface area contributed by atoms with E-state index in [-0.39, 0.29) is 5.69 Å². The molecule has 5 nitrogen and oxygen atoms in total. The molecule has 0 aliphatic rings. The van der Waals surface area contributed by atoms with Crippen molar-refractivity contribution in [2.75, 3.05) is 0 Å². The second-order valence-electron chi connectivity index (χ2n) is 3.04. The zero-order valence-corrected chi connectivity index (χ0v) is 8.01. The summed E-state index contributed by atoms with van der Waals surface area (Å²) in [6.45, 7) is 1.75. The molecule has 1 heterocycles. The molecule has 76 valence electrons. The van der Waals surface area contributed by atoms with Gasteiger partial charge in [0.25, 0.3) is 5.69 Å². The smallest absolute Gasteiger partial charge is 0.280 e. The monoisotopic (exact) mass is 204 g/mol. The molecule has 2 aromatic rings. The van der Waals surface area contributed by atoms with Gasteiger partial charge in [-0.05, 0) is 13.0 Å². The molecule has 0 spiro atoms. The highest BCUT2D eigenvalue weighted by Gasteiger charge is 2.18. The third kappa shape index (κ3) is 1.59. The van der Waals surface area contributed by atoms with Crippen LogP contribution in [0, 0.1) is 17.0 Å².